The number of aliphatic hydroxyl groups is 1. The van der Waals surface area contributed by atoms with Crippen molar-refractivity contribution in [2.24, 2.45) is 11.7 Å². The van der Waals surface area contributed by atoms with Crippen LogP contribution in [0.2, 0.25) is 0 Å². The van der Waals surface area contributed by atoms with E-state index in [2.05, 4.69) is 47.5 Å². The number of unbranched alkanes of at least 4 members (excludes halogenated alkanes) is 2. The molecule has 0 unspecified atom stereocenters. The summed E-state index contributed by atoms with van der Waals surface area (Å²) < 4.78 is 0. The summed E-state index contributed by atoms with van der Waals surface area (Å²) in [5.74, 6) is 0.748. The van der Waals surface area contributed by atoms with Crippen molar-refractivity contribution in [1.29, 1.82) is 0 Å². The number of hydrogen-bond acceptors (Lipinski definition) is 4. The number of amides is 1. The number of nitrogens with zero attached hydrogens (tertiary/aromatic N) is 1. The van der Waals surface area contributed by atoms with E-state index in [1.54, 1.807) is 0 Å². The van der Waals surface area contributed by atoms with Gasteiger partial charge in [-0.3, -0.25) is 9.69 Å². The first-order valence-corrected chi connectivity index (χ1v) is 12.1. The first-order chi connectivity index (χ1) is 15.6. The van der Waals surface area contributed by atoms with Gasteiger partial charge < -0.3 is 16.2 Å². The summed E-state index contributed by atoms with van der Waals surface area (Å²) in [7, 11) is 0. The Morgan fingerprint density at radius 2 is 1.75 bits per heavy atom. The highest BCUT2D eigenvalue weighted by Gasteiger charge is 2.27. The van der Waals surface area contributed by atoms with Crippen LogP contribution in [0, 0.1) is 5.92 Å². The van der Waals surface area contributed by atoms with Crippen molar-refractivity contribution in [1.82, 2.24) is 4.90 Å². The van der Waals surface area contributed by atoms with E-state index in [1.807, 2.05) is 24.3 Å². The minimum absolute atomic E-state index is 0.0297. The number of hydrogen-bond donors (Lipinski definition) is 3. The zero-order chi connectivity index (χ0) is 22.8. The van der Waals surface area contributed by atoms with Crippen molar-refractivity contribution in [3.05, 3.63) is 65.7 Å². The maximum atomic E-state index is 12.1. The van der Waals surface area contributed by atoms with Gasteiger partial charge in [0.15, 0.2) is 0 Å². The van der Waals surface area contributed by atoms with Crippen molar-refractivity contribution in [3.8, 4) is 0 Å². The second kappa shape index (κ2) is 12.7. The van der Waals surface area contributed by atoms with Gasteiger partial charge in [0.2, 0.25) is 5.91 Å². The Hall–Kier alpha value is -2.21. The van der Waals surface area contributed by atoms with Crippen LogP contribution >= 0.6 is 0 Å². The molecule has 1 saturated heterocycles. The normalized spacial score (nSPS) is 17.1. The molecule has 1 fully saturated rings. The fourth-order valence-corrected chi connectivity index (χ4v) is 4.58. The molecule has 5 nitrogen and oxygen atoms in total. The number of carbonyl (C=O) groups excluding carboxylic acids is 1. The number of piperidine rings is 1. The van der Waals surface area contributed by atoms with Gasteiger partial charge >= 0.3 is 0 Å². The smallest absolute Gasteiger partial charge is 0.224 e. The molecule has 32 heavy (non-hydrogen) atoms. The summed E-state index contributed by atoms with van der Waals surface area (Å²) >= 11 is 0. The lowest BCUT2D eigenvalue weighted by Gasteiger charge is -2.38. The first-order valence-electron chi connectivity index (χ1n) is 12.1. The van der Waals surface area contributed by atoms with Gasteiger partial charge in [0.25, 0.3) is 0 Å². The molecule has 2 aromatic rings. The number of rotatable bonds is 11. The van der Waals surface area contributed by atoms with E-state index in [0.29, 0.717) is 13.0 Å². The summed E-state index contributed by atoms with van der Waals surface area (Å²) in [6, 6.07) is 18.4. The largest absolute Gasteiger partial charge is 0.387 e. The van der Waals surface area contributed by atoms with Gasteiger partial charge in [0.05, 0.1) is 6.10 Å². The van der Waals surface area contributed by atoms with Crippen molar-refractivity contribution in [2.75, 3.05) is 25.0 Å². The van der Waals surface area contributed by atoms with Gasteiger partial charge in [0, 0.05) is 18.2 Å². The van der Waals surface area contributed by atoms with Crippen LogP contribution in [0.5, 0.6) is 0 Å². The topological polar surface area (TPSA) is 78.6 Å². The molecule has 1 aliphatic heterocycles. The highest BCUT2D eigenvalue weighted by molar-refractivity contribution is 5.90. The lowest BCUT2D eigenvalue weighted by Crippen LogP contribution is -2.43. The van der Waals surface area contributed by atoms with E-state index in [-0.39, 0.29) is 11.9 Å². The zero-order valence-corrected chi connectivity index (χ0v) is 19.4. The Morgan fingerprint density at radius 3 is 2.41 bits per heavy atom. The molecule has 0 aliphatic carbocycles. The molecule has 2 atom stereocenters. The number of nitrogens with one attached hydrogen (secondary N) is 1. The van der Waals surface area contributed by atoms with Crippen LogP contribution < -0.4 is 11.1 Å². The zero-order valence-electron chi connectivity index (χ0n) is 19.4. The Labute approximate surface area is 193 Å². The highest BCUT2D eigenvalue weighted by Crippen LogP contribution is 2.28. The summed E-state index contributed by atoms with van der Waals surface area (Å²) in [5, 5.41) is 13.9. The summed E-state index contributed by atoms with van der Waals surface area (Å²) in [6.45, 7) is 4.83. The minimum Gasteiger partial charge on any atom is -0.387 e. The average molecular weight is 438 g/mol. The van der Waals surface area contributed by atoms with Gasteiger partial charge in [-0.05, 0) is 87.8 Å². The number of likely N-dealkylation sites (tertiary alicyclic amines) is 1. The SMILES string of the molecule is C[C@H]([C@H](O)c1ccc(NC(=O)CCCCCN)cc1)N1CCC(Cc2ccccc2)CC1. The second-order valence-corrected chi connectivity index (χ2v) is 9.12. The van der Waals surface area contributed by atoms with Gasteiger partial charge in [0.1, 0.15) is 0 Å². The second-order valence-electron chi connectivity index (χ2n) is 9.12. The third kappa shape index (κ3) is 7.44. The lowest BCUT2D eigenvalue weighted by atomic mass is 9.89. The molecule has 0 spiro atoms. The standard InChI is InChI=1S/C27H39N3O2/c1-21(30-18-15-23(16-19-30)20-22-8-4-2-5-9-22)27(32)24-11-13-25(14-12-24)29-26(31)10-6-3-7-17-28/h2,4-5,8-9,11-14,21,23,27,32H,3,6-7,10,15-20,28H2,1H3,(H,29,31)/t21-,27+/m1/s1. The predicted molar refractivity (Wildman–Crippen MR) is 131 cm³/mol. The number of benzene rings is 2. The Kier molecular flexibility index (Phi) is 9.72. The highest BCUT2D eigenvalue weighted by atomic mass is 16.3. The van der Waals surface area contributed by atoms with E-state index in [0.717, 1.165) is 55.9 Å². The Morgan fingerprint density at radius 1 is 1.06 bits per heavy atom. The fourth-order valence-electron chi connectivity index (χ4n) is 4.58. The number of anilines is 1. The molecule has 0 aromatic heterocycles. The van der Waals surface area contributed by atoms with Gasteiger partial charge in [-0.2, -0.15) is 0 Å². The molecule has 1 heterocycles. The lowest BCUT2D eigenvalue weighted by molar-refractivity contribution is -0.116. The molecule has 0 radical (unpaired) electrons. The fraction of sp³-hybridized carbons (Fsp3) is 0.519. The summed E-state index contributed by atoms with van der Waals surface area (Å²) in [6.07, 6.45) is 6.26. The molecule has 1 aliphatic rings. The molecule has 5 heteroatoms. The van der Waals surface area contributed by atoms with Crippen LogP contribution in [-0.2, 0) is 11.2 Å². The maximum Gasteiger partial charge on any atom is 0.224 e. The number of carbonyl (C=O) groups is 1. The van der Waals surface area contributed by atoms with E-state index in [9.17, 15) is 9.90 Å². The van der Waals surface area contributed by atoms with E-state index in [4.69, 9.17) is 5.73 Å². The molecular formula is C27H39N3O2. The van der Waals surface area contributed by atoms with Crippen molar-refractivity contribution < 1.29 is 9.90 Å². The number of nitrogens with two attached hydrogens (primary N) is 1. The summed E-state index contributed by atoms with van der Waals surface area (Å²) in [4.78, 5) is 14.5. The van der Waals surface area contributed by atoms with Crippen molar-refractivity contribution >= 4 is 11.6 Å². The van der Waals surface area contributed by atoms with E-state index >= 15 is 0 Å². The number of aliphatic hydroxyl groups excluding tert-OH is 1. The quantitative estimate of drug-likeness (QED) is 0.452. The van der Waals surface area contributed by atoms with Crippen LogP contribution in [-0.4, -0.2) is 41.6 Å². The van der Waals surface area contributed by atoms with Crippen LogP contribution in [0.1, 0.15) is 62.7 Å². The maximum absolute atomic E-state index is 12.1. The Balaban J connectivity index is 1.44. The van der Waals surface area contributed by atoms with Gasteiger partial charge in [-0.25, -0.2) is 0 Å². The van der Waals surface area contributed by atoms with E-state index in [1.165, 1.54) is 18.4 Å². The first kappa shape index (κ1) is 24.4. The van der Waals surface area contributed by atoms with Gasteiger partial charge in [-0.1, -0.05) is 48.9 Å². The van der Waals surface area contributed by atoms with Gasteiger partial charge in [-0.15, -0.1) is 0 Å². The third-order valence-electron chi connectivity index (χ3n) is 6.69. The van der Waals surface area contributed by atoms with Crippen LogP contribution in [0.25, 0.3) is 0 Å². The molecular weight excluding hydrogens is 398 g/mol. The minimum atomic E-state index is -0.540. The van der Waals surface area contributed by atoms with E-state index < -0.39 is 6.10 Å². The molecule has 0 bridgehead atoms. The monoisotopic (exact) mass is 437 g/mol. The van der Waals surface area contributed by atoms with Crippen molar-refractivity contribution in [2.45, 2.75) is 64.0 Å². The molecule has 4 N–H and O–H groups in total. The third-order valence-corrected chi connectivity index (χ3v) is 6.69. The molecule has 1 amide bonds. The summed E-state index contributed by atoms with van der Waals surface area (Å²) in [5.41, 5.74) is 8.58. The van der Waals surface area contributed by atoms with Crippen molar-refractivity contribution in [3.63, 3.8) is 0 Å². The predicted octanol–water partition coefficient (Wildman–Crippen LogP) is 4.52. The van der Waals surface area contributed by atoms with Crippen LogP contribution in [0.15, 0.2) is 54.6 Å². The Bertz CT molecular complexity index is 801. The van der Waals surface area contributed by atoms with Crippen LogP contribution in [0.3, 0.4) is 0 Å². The molecule has 0 saturated carbocycles. The average Bonchev–Trinajstić information content (AvgIpc) is 2.82. The van der Waals surface area contributed by atoms with Crippen LogP contribution in [0.4, 0.5) is 5.69 Å². The molecule has 174 valence electrons. The molecule has 2 aromatic carbocycles. The molecule has 3 rings (SSSR count).